The van der Waals surface area contributed by atoms with Crippen LogP contribution >= 0.6 is 23.2 Å². The van der Waals surface area contributed by atoms with Crippen molar-refractivity contribution in [3.05, 3.63) is 21.7 Å². The van der Waals surface area contributed by atoms with E-state index in [0.717, 1.165) is 0 Å². The average molecular weight is 382 g/mol. The molecule has 0 aromatic heterocycles. The van der Waals surface area contributed by atoms with Crippen molar-refractivity contribution < 1.29 is 27.8 Å². The second-order valence-corrected chi connectivity index (χ2v) is 7.82. The van der Waals surface area contributed by atoms with Gasteiger partial charge in [0.25, 0.3) is 0 Å². The number of aliphatic carboxylic acids is 1. The lowest BCUT2D eigenvalue weighted by Crippen LogP contribution is -2.40. The van der Waals surface area contributed by atoms with Gasteiger partial charge in [-0.2, -0.15) is 4.31 Å². The van der Waals surface area contributed by atoms with Crippen molar-refractivity contribution in [1.82, 2.24) is 4.31 Å². The van der Waals surface area contributed by atoms with Crippen LogP contribution in [0.3, 0.4) is 0 Å². The van der Waals surface area contributed by atoms with E-state index in [1.54, 1.807) is 0 Å². The molecule has 1 aromatic rings. The third-order valence-corrected chi connectivity index (χ3v) is 6.62. The molecule has 1 aromatic carbocycles. The van der Waals surface area contributed by atoms with Crippen LogP contribution in [-0.4, -0.2) is 56.2 Å². The van der Waals surface area contributed by atoms with Gasteiger partial charge >= 0.3 is 5.97 Å². The van der Waals surface area contributed by atoms with Crippen molar-refractivity contribution in [1.29, 1.82) is 0 Å². The summed E-state index contributed by atoms with van der Waals surface area (Å²) < 4.78 is 37.2. The van der Waals surface area contributed by atoms with Crippen LogP contribution in [0.15, 0.2) is 11.0 Å². The smallest absolute Gasteiger partial charge is 0.345 e. The van der Waals surface area contributed by atoms with Crippen molar-refractivity contribution in [2.24, 2.45) is 0 Å². The fourth-order valence-corrected chi connectivity index (χ4v) is 4.83. The van der Waals surface area contributed by atoms with Gasteiger partial charge in [-0.1, -0.05) is 23.2 Å². The van der Waals surface area contributed by atoms with Gasteiger partial charge in [0.1, 0.15) is 15.7 Å². The quantitative estimate of drug-likeness (QED) is 0.850. The highest BCUT2D eigenvalue weighted by Gasteiger charge is 2.36. The number of benzene rings is 1. The minimum atomic E-state index is -3.84. The lowest BCUT2D eigenvalue weighted by molar-refractivity contribution is -0.144. The van der Waals surface area contributed by atoms with Crippen LogP contribution in [0.25, 0.3) is 0 Å². The Morgan fingerprint density at radius 1 is 1.26 bits per heavy atom. The summed E-state index contributed by atoms with van der Waals surface area (Å²) in [5.41, 5.74) is 0.415. The summed E-state index contributed by atoms with van der Waals surface area (Å²) in [4.78, 5) is 10.9. The Bertz CT molecular complexity index is 760. The van der Waals surface area contributed by atoms with E-state index in [4.69, 9.17) is 37.8 Å². The molecule has 0 aliphatic carbocycles. The van der Waals surface area contributed by atoms with Gasteiger partial charge in [0, 0.05) is 25.1 Å². The van der Waals surface area contributed by atoms with Crippen molar-refractivity contribution in [2.45, 2.75) is 17.4 Å². The van der Waals surface area contributed by atoms with E-state index in [0.29, 0.717) is 18.8 Å². The van der Waals surface area contributed by atoms with Crippen LogP contribution in [0.5, 0.6) is 5.75 Å². The van der Waals surface area contributed by atoms with E-state index >= 15 is 0 Å². The fraction of sp³-hybridized carbons (Fsp3) is 0.462. The summed E-state index contributed by atoms with van der Waals surface area (Å²) in [5.74, 6) is -1.02. The summed E-state index contributed by atoms with van der Waals surface area (Å²) in [6, 6.07) is 1.34. The maximum Gasteiger partial charge on any atom is 0.345 e. The molecule has 1 fully saturated rings. The van der Waals surface area contributed by atoms with Gasteiger partial charge in [0.15, 0.2) is 6.10 Å². The van der Waals surface area contributed by atoms with Crippen LogP contribution in [0, 0.1) is 0 Å². The third kappa shape index (κ3) is 2.89. The summed E-state index contributed by atoms with van der Waals surface area (Å²) in [6.45, 7) is 1.06. The van der Waals surface area contributed by atoms with Gasteiger partial charge in [0.2, 0.25) is 10.0 Å². The molecule has 0 amide bonds. The van der Waals surface area contributed by atoms with E-state index < -0.39 is 22.1 Å². The molecule has 2 aliphatic rings. The largest absolute Gasteiger partial charge is 0.478 e. The zero-order valence-electron chi connectivity index (χ0n) is 11.8. The first kappa shape index (κ1) is 16.8. The zero-order chi connectivity index (χ0) is 16.8. The number of rotatable bonds is 3. The van der Waals surface area contributed by atoms with Crippen LogP contribution in [0.1, 0.15) is 5.56 Å². The number of hydrogen-bond acceptors (Lipinski definition) is 5. The van der Waals surface area contributed by atoms with Crippen molar-refractivity contribution >= 4 is 39.2 Å². The lowest BCUT2D eigenvalue weighted by Gasteiger charge is -2.26. The SMILES string of the molecule is O=C(O)C1Cc2cc(S(=O)(=O)N3CCOCC3)c(Cl)c(Cl)c2O1. The van der Waals surface area contributed by atoms with E-state index in [-0.39, 0.29) is 40.2 Å². The molecule has 1 atom stereocenters. The molecule has 1 unspecified atom stereocenters. The van der Waals surface area contributed by atoms with Crippen molar-refractivity contribution in [3.63, 3.8) is 0 Å². The maximum absolute atomic E-state index is 12.7. The van der Waals surface area contributed by atoms with Gasteiger partial charge in [-0.25, -0.2) is 13.2 Å². The van der Waals surface area contributed by atoms with Gasteiger partial charge in [-0.3, -0.25) is 0 Å². The fourth-order valence-electron chi connectivity index (χ4n) is 2.55. The molecule has 7 nitrogen and oxygen atoms in total. The molecule has 2 aliphatic heterocycles. The van der Waals surface area contributed by atoms with Gasteiger partial charge in [-0.05, 0) is 6.07 Å². The number of nitrogens with zero attached hydrogens (tertiary/aromatic N) is 1. The third-order valence-electron chi connectivity index (χ3n) is 3.73. The Morgan fingerprint density at radius 2 is 1.91 bits per heavy atom. The van der Waals surface area contributed by atoms with Gasteiger partial charge < -0.3 is 14.6 Å². The molecule has 1 N–H and O–H groups in total. The van der Waals surface area contributed by atoms with Crippen LogP contribution < -0.4 is 4.74 Å². The second-order valence-electron chi connectivity index (χ2n) is 5.16. The number of carboxylic acids is 1. The number of hydrogen-bond donors (Lipinski definition) is 1. The van der Waals surface area contributed by atoms with Crippen LogP contribution in [0.4, 0.5) is 0 Å². The topological polar surface area (TPSA) is 93.1 Å². The first-order valence-electron chi connectivity index (χ1n) is 6.80. The highest BCUT2D eigenvalue weighted by molar-refractivity contribution is 7.89. The normalized spacial score (nSPS) is 21.7. The standard InChI is InChI=1S/C13H13Cl2NO6S/c14-10-9(23(19,20)16-1-3-21-4-2-16)6-7-5-8(13(17)18)22-12(7)11(10)15/h6,8H,1-5H2,(H,17,18). The Balaban J connectivity index is 2.04. The predicted octanol–water partition coefficient (Wildman–Crippen LogP) is 1.40. The molecule has 3 rings (SSSR count). The van der Waals surface area contributed by atoms with E-state index in [9.17, 15) is 13.2 Å². The predicted molar refractivity (Wildman–Crippen MR) is 81.8 cm³/mol. The van der Waals surface area contributed by atoms with Gasteiger partial charge in [0.05, 0.1) is 18.2 Å². The second kappa shape index (κ2) is 6.10. The molecular weight excluding hydrogens is 369 g/mol. The molecule has 0 spiro atoms. The van der Waals surface area contributed by atoms with E-state index in [1.165, 1.54) is 10.4 Å². The number of fused-ring (bicyclic) bond motifs is 1. The van der Waals surface area contributed by atoms with Crippen molar-refractivity contribution in [3.8, 4) is 5.75 Å². The molecule has 126 valence electrons. The number of carbonyl (C=O) groups is 1. The van der Waals surface area contributed by atoms with Gasteiger partial charge in [-0.15, -0.1) is 0 Å². The minimum absolute atomic E-state index is 0.0349. The molecule has 0 bridgehead atoms. The number of sulfonamides is 1. The lowest BCUT2D eigenvalue weighted by atomic mass is 10.1. The summed E-state index contributed by atoms with van der Waals surface area (Å²) >= 11 is 12.2. The Labute approximate surface area is 142 Å². The molecule has 0 saturated carbocycles. The summed E-state index contributed by atoms with van der Waals surface area (Å²) in [6.07, 6.45) is -1.06. The van der Waals surface area contributed by atoms with Crippen LogP contribution in [0.2, 0.25) is 10.0 Å². The first-order valence-corrected chi connectivity index (χ1v) is 9.00. The number of carboxylic acid groups (broad SMARTS) is 1. The molecule has 0 radical (unpaired) electrons. The molecule has 10 heteroatoms. The Hall–Kier alpha value is -1.06. The van der Waals surface area contributed by atoms with E-state index in [2.05, 4.69) is 0 Å². The molecule has 2 heterocycles. The number of morpholine rings is 1. The highest BCUT2D eigenvalue weighted by Crippen LogP contribution is 2.44. The van der Waals surface area contributed by atoms with Crippen LogP contribution in [-0.2, 0) is 26.0 Å². The molecule has 23 heavy (non-hydrogen) atoms. The maximum atomic E-state index is 12.7. The summed E-state index contributed by atoms with van der Waals surface area (Å²) in [7, 11) is -3.84. The molecular formula is C13H13Cl2NO6S. The Kier molecular flexibility index (Phi) is 4.45. The minimum Gasteiger partial charge on any atom is -0.478 e. The van der Waals surface area contributed by atoms with E-state index in [1.807, 2.05) is 0 Å². The highest BCUT2D eigenvalue weighted by atomic mass is 35.5. The molecule has 1 saturated heterocycles. The van der Waals surface area contributed by atoms with Crippen molar-refractivity contribution in [2.75, 3.05) is 26.3 Å². The summed E-state index contributed by atoms with van der Waals surface area (Å²) in [5, 5.41) is 8.79. The Morgan fingerprint density at radius 3 is 2.52 bits per heavy atom. The average Bonchev–Trinajstić information content (AvgIpc) is 2.96. The zero-order valence-corrected chi connectivity index (χ0v) is 14.1. The monoisotopic (exact) mass is 381 g/mol. The number of ether oxygens (including phenoxy) is 2. The first-order chi connectivity index (χ1) is 10.8. The number of halogens is 2.